The smallest absolute Gasteiger partial charge is 0.345 e. The fourth-order valence-electron chi connectivity index (χ4n) is 8.14. The van der Waals surface area contributed by atoms with Crippen molar-refractivity contribution in [3.05, 3.63) is 65.7 Å². The van der Waals surface area contributed by atoms with Crippen LogP contribution in [0.1, 0.15) is 74.2 Å². The number of benzene rings is 3. The van der Waals surface area contributed by atoms with Gasteiger partial charge in [0, 0.05) is 24.5 Å². The van der Waals surface area contributed by atoms with Gasteiger partial charge in [-0.25, -0.2) is 9.59 Å². The third kappa shape index (κ3) is 6.42. The Morgan fingerprint density at radius 1 is 0.911 bits per heavy atom. The van der Waals surface area contributed by atoms with Crippen LogP contribution in [0.2, 0.25) is 0 Å². The molecule has 4 aliphatic carbocycles. The number of hydrogen-bond donors (Lipinski definition) is 1. The van der Waals surface area contributed by atoms with Crippen molar-refractivity contribution in [2.45, 2.75) is 76.0 Å². The molecule has 0 aromatic heterocycles. The topological polar surface area (TPSA) is 123 Å². The van der Waals surface area contributed by atoms with Gasteiger partial charge in [-0.05, 0) is 111 Å². The summed E-state index contributed by atoms with van der Waals surface area (Å²) in [4.78, 5) is 37.4. The summed E-state index contributed by atoms with van der Waals surface area (Å²) in [7, 11) is 3.19. The van der Waals surface area contributed by atoms with Gasteiger partial charge in [0.05, 0.1) is 12.7 Å². The number of fused-ring (bicyclic) bond motifs is 1. The fourth-order valence-corrected chi connectivity index (χ4v) is 8.14. The summed E-state index contributed by atoms with van der Waals surface area (Å²) >= 11 is 0. The second-order valence-electron chi connectivity index (χ2n) is 13.0. The van der Waals surface area contributed by atoms with Crippen LogP contribution in [-0.2, 0) is 24.5 Å². The second kappa shape index (κ2) is 12.8. The molecule has 4 saturated carbocycles. The van der Waals surface area contributed by atoms with Gasteiger partial charge in [0.2, 0.25) is 0 Å². The quantitative estimate of drug-likeness (QED) is 0.118. The van der Waals surface area contributed by atoms with Gasteiger partial charge in [-0.1, -0.05) is 24.3 Å². The van der Waals surface area contributed by atoms with Crippen molar-refractivity contribution in [1.29, 1.82) is 0 Å². The number of methoxy groups -OCH3 is 2. The Kier molecular flexibility index (Phi) is 8.84. The molecule has 238 valence electrons. The van der Waals surface area contributed by atoms with Gasteiger partial charge in [0.1, 0.15) is 11.8 Å². The molecule has 45 heavy (non-hydrogen) atoms. The lowest BCUT2D eigenvalue weighted by Crippen LogP contribution is -2.48. The molecule has 9 heteroatoms. The molecule has 0 saturated heterocycles. The lowest BCUT2D eigenvalue weighted by molar-refractivity contribution is -0.139. The highest BCUT2D eigenvalue weighted by Crippen LogP contribution is 2.62. The zero-order chi connectivity index (χ0) is 31.7. The molecule has 4 aliphatic rings. The normalized spacial score (nSPS) is 24.6. The van der Waals surface area contributed by atoms with Crippen molar-refractivity contribution in [3.8, 4) is 17.2 Å². The molecule has 3 aromatic rings. The monoisotopic (exact) mass is 615 g/mol. The lowest BCUT2D eigenvalue weighted by Gasteiger charge is -2.57. The predicted octanol–water partition coefficient (Wildman–Crippen LogP) is 6.08. The zero-order valence-electron chi connectivity index (χ0n) is 26.1. The molecule has 2 N–H and O–H groups in total. The molecule has 0 aliphatic heterocycles. The van der Waals surface area contributed by atoms with Crippen molar-refractivity contribution in [1.82, 2.24) is 0 Å². The first-order chi connectivity index (χ1) is 21.7. The van der Waals surface area contributed by atoms with E-state index in [-0.39, 0.29) is 29.6 Å². The number of hydrogen-bond acceptors (Lipinski definition) is 9. The van der Waals surface area contributed by atoms with E-state index in [0.717, 1.165) is 53.5 Å². The Labute approximate surface area is 263 Å². The van der Waals surface area contributed by atoms with Crippen LogP contribution < -0.4 is 19.9 Å². The average Bonchev–Trinajstić information content (AvgIpc) is 3.02. The maximum Gasteiger partial charge on any atom is 0.345 e. The van der Waals surface area contributed by atoms with Gasteiger partial charge in [-0.2, -0.15) is 0 Å². The first kappa shape index (κ1) is 31.0. The number of esters is 3. The standard InChI is InChI=1S/C36H41NO8/c1-21(41-2)43-31-16-26-9-11-30(44-35(40)29(37)10-12-32(38)45-34(39)25-7-5-4-6-8-25)33(42-3)27(26)17-28(31)36-18-22-13-23(19-36)15-24(14-22)20-36/h4-9,11,16-17,21-24,29H,10,12-15,18-20,37H2,1-3H3/t21?,22?,23?,24?,29-,36?/m0/s1. The van der Waals surface area contributed by atoms with E-state index in [1.54, 1.807) is 50.6 Å². The number of ether oxygens (including phenoxy) is 5. The van der Waals surface area contributed by atoms with Crippen molar-refractivity contribution in [2.75, 3.05) is 14.2 Å². The minimum atomic E-state index is -1.11. The van der Waals surface area contributed by atoms with Crippen LogP contribution in [0, 0.1) is 17.8 Å². The van der Waals surface area contributed by atoms with E-state index in [0.29, 0.717) is 5.75 Å². The largest absolute Gasteiger partial charge is 0.492 e. The molecular formula is C36H41NO8. The molecule has 7 rings (SSSR count). The van der Waals surface area contributed by atoms with Gasteiger partial charge < -0.3 is 29.4 Å². The van der Waals surface area contributed by atoms with E-state index in [1.807, 2.05) is 19.1 Å². The highest BCUT2D eigenvalue weighted by Gasteiger charge is 2.52. The van der Waals surface area contributed by atoms with E-state index in [1.165, 1.54) is 24.8 Å². The molecule has 9 nitrogen and oxygen atoms in total. The van der Waals surface area contributed by atoms with E-state index in [4.69, 9.17) is 29.4 Å². The van der Waals surface area contributed by atoms with Gasteiger partial charge in [-0.3, -0.25) is 4.79 Å². The highest BCUT2D eigenvalue weighted by molar-refractivity contribution is 5.97. The third-order valence-corrected chi connectivity index (χ3v) is 9.86. The summed E-state index contributed by atoms with van der Waals surface area (Å²) in [6.45, 7) is 1.89. The molecule has 0 heterocycles. The highest BCUT2D eigenvalue weighted by atomic mass is 16.7. The second-order valence-corrected chi connectivity index (χ2v) is 13.0. The van der Waals surface area contributed by atoms with Gasteiger partial charge in [0.25, 0.3) is 0 Å². The minimum absolute atomic E-state index is 0.0300. The zero-order valence-corrected chi connectivity index (χ0v) is 26.1. The summed E-state index contributed by atoms with van der Waals surface area (Å²) in [6, 6.07) is 14.8. The Morgan fingerprint density at radius 3 is 2.20 bits per heavy atom. The third-order valence-electron chi connectivity index (χ3n) is 9.86. The summed E-state index contributed by atoms with van der Waals surface area (Å²) in [5, 5.41) is 1.70. The summed E-state index contributed by atoms with van der Waals surface area (Å²) in [5.41, 5.74) is 7.55. The first-order valence-corrected chi connectivity index (χ1v) is 15.8. The van der Waals surface area contributed by atoms with Crippen molar-refractivity contribution in [3.63, 3.8) is 0 Å². The van der Waals surface area contributed by atoms with Crippen molar-refractivity contribution >= 4 is 28.7 Å². The van der Waals surface area contributed by atoms with E-state index < -0.39 is 30.2 Å². The Hall–Kier alpha value is -3.95. The molecule has 1 unspecified atom stereocenters. The van der Waals surface area contributed by atoms with Gasteiger partial charge >= 0.3 is 17.9 Å². The number of carbonyl (C=O) groups is 3. The van der Waals surface area contributed by atoms with Crippen LogP contribution in [-0.4, -0.2) is 44.5 Å². The number of nitrogens with two attached hydrogens (primary N) is 1. The van der Waals surface area contributed by atoms with E-state index >= 15 is 0 Å². The van der Waals surface area contributed by atoms with Crippen LogP contribution in [0.3, 0.4) is 0 Å². The SMILES string of the molecule is COc1c(OC(=O)[C@@H](N)CCC(=O)OC(=O)c2ccccc2)ccc2cc(OC(C)OC)c(C34CC5CC(CC(C5)C3)C4)cc12. The van der Waals surface area contributed by atoms with Crippen molar-refractivity contribution in [2.24, 2.45) is 23.5 Å². The molecule has 4 bridgehead atoms. The Bertz CT molecular complexity index is 1550. The fraction of sp³-hybridized carbons (Fsp3) is 0.472. The maximum absolute atomic E-state index is 13.0. The Morgan fingerprint density at radius 2 is 1.58 bits per heavy atom. The molecule has 2 atom stereocenters. The van der Waals surface area contributed by atoms with Crippen LogP contribution in [0.4, 0.5) is 0 Å². The van der Waals surface area contributed by atoms with Crippen molar-refractivity contribution < 1.29 is 38.1 Å². The van der Waals surface area contributed by atoms with E-state index in [9.17, 15) is 14.4 Å². The summed E-state index contributed by atoms with van der Waals surface area (Å²) in [6.07, 6.45) is 6.72. The van der Waals surface area contributed by atoms with E-state index in [2.05, 4.69) is 6.07 Å². The molecule has 0 amide bonds. The molecule has 3 aromatic carbocycles. The van der Waals surface area contributed by atoms with Crippen LogP contribution in [0.25, 0.3) is 10.8 Å². The first-order valence-electron chi connectivity index (χ1n) is 15.8. The van der Waals surface area contributed by atoms with Crippen LogP contribution in [0.15, 0.2) is 54.6 Å². The average molecular weight is 616 g/mol. The minimum Gasteiger partial charge on any atom is -0.492 e. The lowest BCUT2D eigenvalue weighted by atomic mass is 9.48. The molecular weight excluding hydrogens is 574 g/mol. The van der Waals surface area contributed by atoms with Gasteiger partial charge in [0.15, 0.2) is 17.8 Å². The molecule has 4 fully saturated rings. The van der Waals surface area contributed by atoms with Crippen LogP contribution in [0.5, 0.6) is 17.2 Å². The predicted molar refractivity (Wildman–Crippen MR) is 167 cm³/mol. The Balaban J connectivity index is 1.22. The summed E-state index contributed by atoms with van der Waals surface area (Å²) in [5.74, 6) is 1.47. The number of carbonyl (C=O) groups excluding carboxylic acids is 3. The molecule has 0 radical (unpaired) electrons. The van der Waals surface area contributed by atoms with Crippen LogP contribution >= 0.6 is 0 Å². The molecule has 0 spiro atoms. The maximum atomic E-state index is 13.0. The van der Waals surface area contributed by atoms with Gasteiger partial charge in [-0.15, -0.1) is 0 Å². The summed E-state index contributed by atoms with van der Waals surface area (Å²) < 4.78 is 28.3. The number of rotatable bonds is 11.